The Labute approximate surface area is 194 Å². The Morgan fingerprint density at radius 2 is 1.88 bits per heavy atom. The highest BCUT2D eigenvalue weighted by Crippen LogP contribution is 2.40. The van der Waals surface area contributed by atoms with Gasteiger partial charge in [-0.2, -0.15) is 0 Å². The van der Waals surface area contributed by atoms with Crippen molar-refractivity contribution in [2.45, 2.75) is 26.3 Å². The molecule has 1 amide bonds. The molecule has 5 nitrogen and oxygen atoms in total. The van der Waals surface area contributed by atoms with E-state index >= 15 is 0 Å². The summed E-state index contributed by atoms with van der Waals surface area (Å²) in [5.41, 5.74) is 6.20. The second kappa shape index (κ2) is 9.20. The smallest absolute Gasteiger partial charge is 0.255 e. The Kier molecular flexibility index (Phi) is 5.97. The van der Waals surface area contributed by atoms with Crippen molar-refractivity contribution in [3.63, 3.8) is 0 Å². The van der Waals surface area contributed by atoms with Crippen molar-refractivity contribution in [3.8, 4) is 0 Å². The number of para-hydroxylation sites is 2. The van der Waals surface area contributed by atoms with Gasteiger partial charge in [0.25, 0.3) is 5.91 Å². The average Bonchev–Trinajstić information content (AvgIpc) is 3.27. The molecule has 0 fully saturated rings. The van der Waals surface area contributed by atoms with E-state index in [0.29, 0.717) is 18.7 Å². The quantitative estimate of drug-likeness (QED) is 0.539. The van der Waals surface area contributed by atoms with Gasteiger partial charge in [-0.15, -0.1) is 0 Å². The minimum Gasteiger partial charge on any atom is -0.361 e. The minimum absolute atomic E-state index is 0.0300. The van der Waals surface area contributed by atoms with Crippen LogP contribution in [-0.4, -0.2) is 41.1 Å². The van der Waals surface area contributed by atoms with Crippen LogP contribution in [0.4, 0.5) is 5.69 Å². The third kappa shape index (κ3) is 3.93. The van der Waals surface area contributed by atoms with E-state index in [0.717, 1.165) is 24.4 Å². The Morgan fingerprint density at radius 3 is 2.73 bits per heavy atom. The number of nitrogens with one attached hydrogen (secondary N) is 2. The molecule has 1 aliphatic heterocycles. The van der Waals surface area contributed by atoms with Gasteiger partial charge in [-0.1, -0.05) is 48.6 Å². The summed E-state index contributed by atoms with van der Waals surface area (Å²) in [6.07, 6.45) is 9.15. The van der Waals surface area contributed by atoms with Gasteiger partial charge in [-0.25, -0.2) is 0 Å². The largest absolute Gasteiger partial charge is 0.361 e. The van der Waals surface area contributed by atoms with Crippen molar-refractivity contribution in [2.75, 3.05) is 19.6 Å². The summed E-state index contributed by atoms with van der Waals surface area (Å²) in [5.74, 6) is 0.0902. The number of fused-ring (bicyclic) bond motifs is 3. The van der Waals surface area contributed by atoms with E-state index in [9.17, 15) is 4.79 Å². The van der Waals surface area contributed by atoms with Gasteiger partial charge in [0.1, 0.15) is 0 Å². The van der Waals surface area contributed by atoms with Crippen LogP contribution >= 0.6 is 0 Å². The molecule has 2 N–H and O–H groups in total. The first-order chi connectivity index (χ1) is 16.2. The molecule has 2 aromatic carbocycles. The number of H-pyrrole nitrogens is 1. The van der Waals surface area contributed by atoms with Gasteiger partial charge in [0, 0.05) is 42.1 Å². The fourth-order valence-electron chi connectivity index (χ4n) is 5.01. The van der Waals surface area contributed by atoms with Crippen molar-refractivity contribution in [1.29, 1.82) is 0 Å². The van der Waals surface area contributed by atoms with Crippen molar-refractivity contribution in [2.24, 2.45) is 10.9 Å². The van der Waals surface area contributed by atoms with Crippen molar-refractivity contribution < 1.29 is 4.79 Å². The number of allylic oxidation sites excluding steroid dienone is 2. The molecule has 3 aromatic rings. The Hall–Kier alpha value is -3.44. The lowest BCUT2D eigenvalue weighted by atomic mass is 9.79. The number of hydrogen-bond acceptors (Lipinski definition) is 3. The van der Waals surface area contributed by atoms with Crippen LogP contribution in [0.3, 0.4) is 0 Å². The molecule has 0 bridgehead atoms. The van der Waals surface area contributed by atoms with E-state index in [4.69, 9.17) is 4.99 Å². The van der Waals surface area contributed by atoms with Gasteiger partial charge in [0.05, 0.1) is 17.0 Å². The molecule has 33 heavy (non-hydrogen) atoms. The molecule has 2 unspecified atom stereocenters. The molecule has 1 aliphatic carbocycles. The van der Waals surface area contributed by atoms with Crippen LogP contribution in [0.5, 0.6) is 0 Å². The lowest BCUT2D eigenvalue weighted by molar-refractivity contribution is -0.126. The Morgan fingerprint density at radius 1 is 1.09 bits per heavy atom. The maximum Gasteiger partial charge on any atom is 0.255 e. The molecule has 168 valence electrons. The number of aromatic nitrogens is 1. The minimum atomic E-state index is 0.0300. The number of benzene rings is 2. The monoisotopic (exact) mass is 438 g/mol. The van der Waals surface area contributed by atoms with Crippen LogP contribution < -0.4 is 5.32 Å². The number of likely N-dealkylation sites (N-methyl/N-ethyl adjacent to an activating group) is 1. The van der Waals surface area contributed by atoms with Gasteiger partial charge >= 0.3 is 0 Å². The molecule has 0 radical (unpaired) electrons. The van der Waals surface area contributed by atoms with Gasteiger partial charge in [0.2, 0.25) is 0 Å². The zero-order valence-corrected chi connectivity index (χ0v) is 19.2. The van der Waals surface area contributed by atoms with Crippen LogP contribution in [0.15, 0.2) is 83.5 Å². The number of amides is 1. The van der Waals surface area contributed by atoms with E-state index in [2.05, 4.69) is 59.0 Å². The first-order valence-electron chi connectivity index (χ1n) is 11.8. The number of carbonyl (C=O) groups excluding carboxylic acids is 1. The number of nitrogens with zero attached hydrogens (tertiary/aromatic N) is 2. The SMILES string of the molecule is CCN(CC)C(=O)C1=CC=CC2C1=Nc1ccccc1C2NCCc1c[nH]c2ccccc12. The Balaban J connectivity index is 1.41. The highest BCUT2D eigenvalue weighted by atomic mass is 16.2. The fourth-order valence-corrected chi connectivity index (χ4v) is 5.01. The predicted molar refractivity (Wildman–Crippen MR) is 135 cm³/mol. The molecule has 1 aromatic heterocycles. The number of aromatic amines is 1. The van der Waals surface area contributed by atoms with Crippen LogP contribution in [0, 0.1) is 5.92 Å². The second-order valence-electron chi connectivity index (χ2n) is 8.57. The maximum atomic E-state index is 13.2. The number of hydrogen-bond donors (Lipinski definition) is 2. The number of aliphatic imine (C=N–C) groups is 1. The van der Waals surface area contributed by atoms with E-state index in [1.165, 1.54) is 22.0 Å². The molecule has 0 saturated carbocycles. The predicted octanol–water partition coefficient (Wildman–Crippen LogP) is 5.11. The van der Waals surface area contributed by atoms with Gasteiger partial charge in [-0.05, 0) is 56.1 Å². The van der Waals surface area contributed by atoms with Crippen LogP contribution in [0.25, 0.3) is 10.9 Å². The zero-order valence-electron chi connectivity index (χ0n) is 19.2. The van der Waals surface area contributed by atoms with Gasteiger partial charge < -0.3 is 15.2 Å². The second-order valence-corrected chi connectivity index (χ2v) is 8.57. The van der Waals surface area contributed by atoms with Crippen LogP contribution in [0.2, 0.25) is 0 Å². The van der Waals surface area contributed by atoms with Gasteiger partial charge in [-0.3, -0.25) is 9.79 Å². The molecular formula is C28H30N4O. The number of rotatable bonds is 7. The van der Waals surface area contributed by atoms with Crippen LogP contribution in [0.1, 0.15) is 31.0 Å². The third-order valence-corrected chi connectivity index (χ3v) is 6.76. The molecule has 2 heterocycles. The molecule has 0 saturated heterocycles. The summed E-state index contributed by atoms with van der Waals surface area (Å²) in [6.45, 7) is 6.26. The molecule has 0 spiro atoms. The first kappa shape index (κ1) is 21.4. The molecule has 2 aliphatic rings. The summed E-state index contributed by atoms with van der Waals surface area (Å²) in [7, 11) is 0. The topological polar surface area (TPSA) is 60.5 Å². The van der Waals surface area contributed by atoms with Crippen LogP contribution in [-0.2, 0) is 11.2 Å². The standard InChI is InChI=1S/C28H30N4O/c1-3-32(4-2)28(33)23-13-9-12-22-26(21-11-6-8-15-25(21)31-27(22)23)29-17-16-19-18-30-24-14-7-5-10-20(19)24/h5-15,18,22,26,29-30H,3-4,16-17H2,1-2H3. The molecule has 2 atom stereocenters. The summed E-state index contributed by atoms with van der Waals surface area (Å²) in [6, 6.07) is 16.8. The van der Waals surface area contributed by atoms with E-state index in [1.54, 1.807) is 0 Å². The first-order valence-corrected chi connectivity index (χ1v) is 11.8. The van der Waals surface area contributed by atoms with Crippen molar-refractivity contribution in [1.82, 2.24) is 15.2 Å². The Bertz CT molecular complexity index is 1260. The highest BCUT2D eigenvalue weighted by Gasteiger charge is 2.36. The molecule has 5 heteroatoms. The fraction of sp³-hybridized carbons (Fsp3) is 0.286. The lowest BCUT2D eigenvalue weighted by Crippen LogP contribution is -2.41. The van der Waals surface area contributed by atoms with E-state index in [1.807, 2.05) is 43.0 Å². The third-order valence-electron chi connectivity index (χ3n) is 6.76. The summed E-state index contributed by atoms with van der Waals surface area (Å²) < 4.78 is 0. The number of carbonyl (C=O) groups is 1. The molecular weight excluding hydrogens is 408 g/mol. The van der Waals surface area contributed by atoms with Gasteiger partial charge in [0.15, 0.2) is 0 Å². The summed E-state index contributed by atoms with van der Waals surface area (Å²) >= 11 is 0. The summed E-state index contributed by atoms with van der Waals surface area (Å²) in [5, 5.41) is 5.07. The van der Waals surface area contributed by atoms with Crippen molar-refractivity contribution >= 4 is 28.2 Å². The van der Waals surface area contributed by atoms with E-state index < -0.39 is 0 Å². The average molecular weight is 439 g/mol. The maximum absolute atomic E-state index is 13.2. The zero-order chi connectivity index (χ0) is 22.8. The van der Waals surface area contributed by atoms with E-state index in [-0.39, 0.29) is 17.9 Å². The molecule has 5 rings (SSSR count). The highest BCUT2D eigenvalue weighted by molar-refractivity contribution is 6.24. The van der Waals surface area contributed by atoms with Crippen molar-refractivity contribution in [3.05, 3.63) is 89.7 Å². The summed E-state index contributed by atoms with van der Waals surface area (Å²) in [4.78, 5) is 23.5. The lowest BCUT2D eigenvalue weighted by Gasteiger charge is -2.35. The normalized spacial score (nSPS) is 19.0.